The molecule has 0 aliphatic carbocycles. The van der Waals surface area contributed by atoms with E-state index in [-0.39, 0.29) is 13.2 Å². The van der Waals surface area contributed by atoms with Gasteiger partial charge >= 0.3 is 132 Å². The summed E-state index contributed by atoms with van der Waals surface area (Å²) in [5, 5.41) is 12.2. The topological polar surface area (TPSA) is 93.5 Å². The molecule has 0 aliphatic rings. The summed E-state index contributed by atoms with van der Waals surface area (Å²) in [5.41, 5.74) is 14.7. The second-order valence-electron chi connectivity index (χ2n) is 4.61. The quantitative estimate of drug-likeness (QED) is 0.454. The first-order valence-corrected chi connectivity index (χ1v) is 7.48. The summed E-state index contributed by atoms with van der Waals surface area (Å²) >= 11 is 2.49. The number of rotatable bonds is 6. The van der Waals surface area contributed by atoms with Crippen LogP contribution in [-0.2, 0) is 6.54 Å². The molecule has 2 rings (SSSR count). The van der Waals surface area contributed by atoms with Crippen LogP contribution in [-0.4, -0.2) is 35.2 Å². The maximum atomic E-state index is 8.87. The molecule has 2 aromatic carbocycles. The third kappa shape index (κ3) is 4.58. The van der Waals surface area contributed by atoms with Crippen LogP contribution in [0.1, 0.15) is 5.56 Å². The van der Waals surface area contributed by atoms with E-state index in [9.17, 15) is 0 Å². The first kappa shape index (κ1) is 15.5. The Balaban J connectivity index is 2.12. The maximum absolute atomic E-state index is 8.87. The summed E-state index contributed by atoms with van der Waals surface area (Å²) in [6, 6.07) is 11.3. The average molecular weight is 347 g/mol. The Bertz CT molecular complexity index is 600. The van der Waals surface area contributed by atoms with E-state index in [0.717, 1.165) is 15.6 Å². The molecule has 0 spiro atoms. The fraction of sp³-hybridized carbons (Fsp3) is 0.200. The van der Waals surface area contributed by atoms with Crippen LogP contribution in [0.3, 0.4) is 0 Å². The van der Waals surface area contributed by atoms with E-state index in [1.54, 1.807) is 6.07 Å². The molecule has 2 aromatic rings. The molecule has 0 aliphatic heterocycles. The van der Waals surface area contributed by atoms with Gasteiger partial charge in [-0.25, -0.2) is 0 Å². The molecule has 0 saturated carbocycles. The molecule has 0 aromatic heterocycles. The van der Waals surface area contributed by atoms with E-state index in [0.29, 0.717) is 23.7 Å². The van der Waals surface area contributed by atoms with Crippen LogP contribution in [0.15, 0.2) is 36.4 Å². The van der Waals surface area contributed by atoms with Crippen molar-refractivity contribution in [2.45, 2.75) is 6.54 Å². The second-order valence-corrected chi connectivity index (χ2v) is 5.70. The van der Waals surface area contributed by atoms with Gasteiger partial charge in [0.25, 0.3) is 0 Å². The van der Waals surface area contributed by atoms with E-state index in [1.807, 2.05) is 30.3 Å². The van der Waals surface area contributed by atoms with Crippen LogP contribution in [0.2, 0.25) is 0 Å². The molecule has 21 heavy (non-hydrogen) atoms. The predicted molar refractivity (Wildman–Crippen MR) is 87.0 cm³/mol. The Morgan fingerprint density at radius 1 is 1.10 bits per heavy atom. The zero-order valence-corrected chi connectivity index (χ0v) is 13.4. The zero-order valence-electron chi connectivity index (χ0n) is 11.5. The van der Waals surface area contributed by atoms with Crippen LogP contribution in [0.5, 0.6) is 5.75 Å². The third-order valence-electron chi connectivity index (χ3n) is 2.83. The van der Waals surface area contributed by atoms with Crippen molar-refractivity contribution < 1.29 is 9.84 Å². The predicted octanol–water partition coefficient (Wildman–Crippen LogP) is 0.628. The number of aliphatic hydroxyl groups excluding tert-OH is 1. The molecule has 0 atom stereocenters. The molecule has 5 nitrogen and oxygen atoms in total. The SMILES string of the molecule is Nc1cc(N)cc(CNc2cc([As])ccc2OCCO)c1. The van der Waals surface area contributed by atoms with Crippen molar-refractivity contribution in [2.75, 3.05) is 30.0 Å². The number of anilines is 3. The van der Waals surface area contributed by atoms with Crippen molar-refractivity contribution in [2.24, 2.45) is 0 Å². The van der Waals surface area contributed by atoms with E-state index in [1.165, 1.54) is 0 Å². The molecule has 0 fully saturated rings. The van der Waals surface area contributed by atoms with Crippen molar-refractivity contribution in [1.82, 2.24) is 0 Å². The van der Waals surface area contributed by atoms with Gasteiger partial charge in [0.1, 0.15) is 0 Å². The fourth-order valence-corrected chi connectivity index (χ4v) is 2.41. The van der Waals surface area contributed by atoms with Crippen LogP contribution in [0, 0.1) is 0 Å². The number of hydrogen-bond acceptors (Lipinski definition) is 5. The molecule has 2 radical (unpaired) electrons. The van der Waals surface area contributed by atoms with Crippen LogP contribution >= 0.6 is 0 Å². The number of nitrogens with one attached hydrogen (secondary N) is 1. The van der Waals surface area contributed by atoms with Gasteiger partial charge in [0.05, 0.1) is 0 Å². The fourth-order valence-electron chi connectivity index (χ4n) is 1.98. The summed E-state index contributed by atoms with van der Waals surface area (Å²) in [4.78, 5) is 0. The van der Waals surface area contributed by atoms with Crippen molar-refractivity contribution in [3.63, 3.8) is 0 Å². The standard InChI is InChI=1S/C15H18AsN3O2/c16-11-1-2-15(21-4-3-20)14(7-11)19-9-10-5-12(17)8-13(18)6-10/h1-2,5-8,19-20H,3-4,9,17-18H2. The van der Waals surface area contributed by atoms with E-state index in [4.69, 9.17) is 21.3 Å². The Kier molecular flexibility index (Phi) is 5.37. The van der Waals surface area contributed by atoms with Gasteiger partial charge in [-0.2, -0.15) is 0 Å². The van der Waals surface area contributed by atoms with Gasteiger partial charge in [-0.15, -0.1) is 0 Å². The van der Waals surface area contributed by atoms with E-state index in [2.05, 4.69) is 22.2 Å². The van der Waals surface area contributed by atoms with Gasteiger partial charge < -0.3 is 0 Å². The van der Waals surface area contributed by atoms with E-state index < -0.39 is 0 Å². The molecule has 0 saturated heterocycles. The number of ether oxygens (including phenoxy) is 1. The Hall–Kier alpha value is -1.84. The molecule has 0 amide bonds. The third-order valence-corrected chi connectivity index (χ3v) is 3.42. The number of aliphatic hydroxyl groups is 1. The summed E-state index contributed by atoms with van der Waals surface area (Å²) in [6.45, 7) is 0.828. The van der Waals surface area contributed by atoms with Gasteiger partial charge in [0.15, 0.2) is 0 Å². The Labute approximate surface area is 132 Å². The molecule has 0 unspecified atom stereocenters. The number of benzene rings is 2. The Morgan fingerprint density at radius 2 is 1.81 bits per heavy atom. The van der Waals surface area contributed by atoms with Crippen molar-refractivity contribution in [3.05, 3.63) is 42.0 Å². The first-order chi connectivity index (χ1) is 10.1. The first-order valence-electron chi connectivity index (χ1n) is 6.54. The second kappa shape index (κ2) is 7.25. The average Bonchev–Trinajstić information content (AvgIpc) is 2.43. The van der Waals surface area contributed by atoms with Crippen molar-refractivity contribution >= 4 is 38.3 Å². The molecule has 110 valence electrons. The van der Waals surface area contributed by atoms with Gasteiger partial charge in [0, 0.05) is 0 Å². The summed E-state index contributed by atoms with van der Waals surface area (Å²) in [7, 11) is 0. The summed E-state index contributed by atoms with van der Waals surface area (Å²) in [6.07, 6.45) is 0. The van der Waals surface area contributed by atoms with Crippen LogP contribution in [0.25, 0.3) is 0 Å². The molecule has 6 N–H and O–H groups in total. The number of hydrogen-bond donors (Lipinski definition) is 4. The van der Waals surface area contributed by atoms with Gasteiger partial charge in [0.2, 0.25) is 0 Å². The monoisotopic (exact) mass is 347 g/mol. The summed E-state index contributed by atoms with van der Waals surface area (Å²) in [5.74, 6) is 0.704. The zero-order chi connectivity index (χ0) is 15.2. The summed E-state index contributed by atoms with van der Waals surface area (Å²) < 4.78 is 6.57. The molecule has 0 heterocycles. The number of nitrogens with two attached hydrogens (primary N) is 2. The van der Waals surface area contributed by atoms with Gasteiger partial charge in [-0.05, 0) is 0 Å². The minimum atomic E-state index is -0.0187. The Morgan fingerprint density at radius 3 is 2.48 bits per heavy atom. The molecule has 6 heteroatoms. The van der Waals surface area contributed by atoms with Crippen LogP contribution < -0.4 is 25.9 Å². The van der Waals surface area contributed by atoms with Crippen LogP contribution in [0.4, 0.5) is 17.1 Å². The normalized spacial score (nSPS) is 10.4. The molecular formula is C15H18AsN3O2. The molecule has 0 bridgehead atoms. The number of nitrogen functional groups attached to an aromatic ring is 2. The van der Waals surface area contributed by atoms with Gasteiger partial charge in [-0.3, -0.25) is 0 Å². The molecular weight excluding hydrogens is 329 g/mol. The van der Waals surface area contributed by atoms with Crippen molar-refractivity contribution in [3.8, 4) is 5.75 Å². The minimum absolute atomic E-state index is 0.0187. The van der Waals surface area contributed by atoms with E-state index >= 15 is 0 Å². The van der Waals surface area contributed by atoms with Crippen molar-refractivity contribution in [1.29, 1.82) is 0 Å². The van der Waals surface area contributed by atoms with Gasteiger partial charge in [-0.1, -0.05) is 0 Å².